The maximum absolute atomic E-state index is 6.37. The van der Waals surface area contributed by atoms with E-state index in [2.05, 4.69) is 26.6 Å². The first-order chi connectivity index (χ1) is 14.8. The highest BCUT2D eigenvalue weighted by Gasteiger charge is 2.30. The van der Waals surface area contributed by atoms with E-state index < -0.39 is 0 Å². The number of hydrogen-bond acceptors (Lipinski definition) is 4. The Kier molecular flexibility index (Phi) is 9.56. The molecule has 0 radical (unpaired) electrons. The largest absolute Gasteiger partial charge is 0.493 e. The minimum Gasteiger partial charge on any atom is -0.493 e. The quantitative estimate of drug-likeness (QED) is 0.306. The van der Waals surface area contributed by atoms with Gasteiger partial charge in [-0.25, -0.2) is 0 Å². The molecule has 4 rings (SSSR count). The summed E-state index contributed by atoms with van der Waals surface area (Å²) in [6.07, 6.45) is 11.8. The van der Waals surface area contributed by atoms with E-state index in [0.717, 1.165) is 48.5 Å². The first kappa shape index (κ1) is 24.4. The molecule has 31 heavy (non-hydrogen) atoms. The smallest absolute Gasteiger partial charge is 0.191 e. The number of aliphatic imine (C=N–C) groups is 1. The zero-order valence-electron chi connectivity index (χ0n) is 19.1. The van der Waals surface area contributed by atoms with E-state index in [1.165, 1.54) is 51.5 Å². The Labute approximate surface area is 204 Å². The summed E-state index contributed by atoms with van der Waals surface area (Å²) in [7, 11) is 3.56. The molecule has 1 aliphatic heterocycles. The van der Waals surface area contributed by atoms with Gasteiger partial charge in [0.25, 0.3) is 0 Å². The Morgan fingerprint density at radius 1 is 1.10 bits per heavy atom. The van der Waals surface area contributed by atoms with Gasteiger partial charge in [-0.1, -0.05) is 25.0 Å². The molecule has 7 heteroatoms. The highest BCUT2D eigenvalue weighted by atomic mass is 127. The van der Waals surface area contributed by atoms with Crippen LogP contribution in [0.1, 0.15) is 63.4 Å². The van der Waals surface area contributed by atoms with Crippen LogP contribution in [0.2, 0.25) is 0 Å². The Hall–Kier alpha value is -1.22. The van der Waals surface area contributed by atoms with Crippen LogP contribution < -0.4 is 20.1 Å². The lowest BCUT2D eigenvalue weighted by molar-refractivity contribution is 0.198. The van der Waals surface area contributed by atoms with Crippen LogP contribution in [0.3, 0.4) is 0 Å². The van der Waals surface area contributed by atoms with Crippen LogP contribution in [0.15, 0.2) is 23.2 Å². The van der Waals surface area contributed by atoms with Gasteiger partial charge in [0.15, 0.2) is 17.5 Å². The molecule has 0 spiro atoms. The van der Waals surface area contributed by atoms with Crippen LogP contribution >= 0.6 is 24.0 Å². The molecule has 1 atom stereocenters. The number of hydrogen-bond donors (Lipinski definition) is 2. The average molecular weight is 543 g/mol. The number of guanidine groups is 1. The Bertz CT molecular complexity index is 718. The molecule has 1 aromatic rings. The van der Waals surface area contributed by atoms with Gasteiger partial charge in [0, 0.05) is 44.3 Å². The van der Waals surface area contributed by atoms with Crippen molar-refractivity contribution in [3.63, 3.8) is 0 Å². The van der Waals surface area contributed by atoms with Gasteiger partial charge in [-0.15, -0.1) is 24.0 Å². The fourth-order valence-corrected chi connectivity index (χ4v) is 5.24. The zero-order chi connectivity index (χ0) is 20.8. The van der Waals surface area contributed by atoms with Crippen molar-refractivity contribution >= 4 is 29.9 Å². The maximum Gasteiger partial charge on any atom is 0.191 e. The highest BCUT2D eigenvalue weighted by molar-refractivity contribution is 14.0. The lowest BCUT2D eigenvalue weighted by atomic mass is 10.1. The number of benzene rings is 1. The van der Waals surface area contributed by atoms with Crippen molar-refractivity contribution in [2.45, 2.75) is 82.5 Å². The van der Waals surface area contributed by atoms with E-state index in [4.69, 9.17) is 9.47 Å². The molecule has 0 amide bonds. The summed E-state index contributed by atoms with van der Waals surface area (Å²) in [6.45, 7) is 2.99. The predicted molar refractivity (Wildman–Crippen MR) is 137 cm³/mol. The summed E-state index contributed by atoms with van der Waals surface area (Å²) in [5, 5.41) is 7.13. The molecule has 1 heterocycles. The monoisotopic (exact) mass is 542 g/mol. The second-order valence-electron chi connectivity index (χ2n) is 8.96. The van der Waals surface area contributed by atoms with Gasteiger partial charge < -0.3 is 20.1 Å². The molecule has 2 aliphatic carbocycles. The van der Waals surface area contributed by atoms with Gasteiger partial charge in [-0.2, -0.15) is 0 Å². The van der Waals surface area contributed by atoms with Crippen molar-refractivity contribution < 1.29 is 9.47 Å². The summed E-state index contributed by atoms with van der Waals surface area (Å²) in [5.74, 6) is 2.55. The lowest BCUT2D eigenvalue weighted by Gasteiger charge is -2.24. The normalized spacial score (nSPS) is 23.0. The SMILES string of the molecule is CN=C(NCc1cccc(OC)c1OC1CCCC1)NC1CCN(C2CCCC2)C1.I. The topological polar surface area (TPSA) is 58.1 Å². The third-order valence-corrected chi connectivity index (χ3v) is 6.94. The number of ether oxygens (including phenoxy) is 2. The minimum absolute atomic E-state index is 0. The number of halogens is 1. The van der Waals surface area contributed by atoms with Gasteiger partial charge in [0.1, 0.15) is 0 Å². The fourth-order valence-electron chi connectivity index (χ4n) is 5.24. The van der Waals surface area contributed by atoms with Crippen molar-refractivity contribution in [1.82, 2.24) is 15.5 Å². The zero-order valence-corrected chi connectivity index (χ0v) is 21.4. The van der Waals surface area contributed by atoms with Gasteiger partial charge in [-0.3, -0.25) is 9.89 Å². The van der Waals surface area contributed by atoms with Crippen molar-refractivity contribution in [2.75, 3.05) is 27.2 Å². The van der Waals surface area contributed by atoms with Crippen LogP contribution in [0.5, 0.6) is 11.5 Å². The van der Waals surface area contributed by atoms with E-state index in [0.29, 0.717) is 18.7 Å². The molecule has 2 saturated carbocycles. The number of para-hydroxylation sites is 1. The summed E-state index contributed by atoms with van der Waals surface area (Å²) in [5.41, 5.74) is 1.11. The van der Waals surface area contributed by atoms with Crippen LogP contribution in [0.4, 0.5) is 0 Å². The molecule has 6 nitrogen and oxygen atoms in total. The van der Waals surface area contributed by atoms with Crippen LogP contribution in [0.25, 0.3) is 0 Å². The third kappa shape index (κ3) is 6.40. The molecule has 2 N–H and O–H groups in total. The summed E-state index contributed by atoms with van der Waals surface area (Å²) in [6, 6.07) is 7.40. The van der Waals surface area contributed by atoms with Crippen molar-refractivity contribution in [3.8, 4) is 11.5 Å². The Morgan fingerprint density at radius 3 is 2.55 bits per heavy atom. The second kappa shape index (κ2) is 12.1. The molecule has 1 unspecified atom stereocenters. The van der Waals surface area contributed by atoms with Gasteiger partial charge in [-0.05, 0) is 51.0 Å². The molecule has 3 fully saturated rings. The van der Waals surface area contributed by atoms with E-state index in [9.17, 15) is 0 Å². The van der Waals surface area contributed by atoms with Crippen molar-refractivity contribution in [2.24, 2.45) is 4.99 Å². The van der Waals surface area contributed by atoms with Crippen LogP contribution in [-0.4, -0.2) is 56.3 Å². The predicted octanol–water partition coefficient (Wildman–Crippen LogP) is 4.32. The number of nitrogens with one attached hydrogen (secondary N) is 2. The molecule has 3 aliphatic rings. The molecular formula is C24H39IN4O2. The van der Waals surface area contributed by atoms with Gasteiger partial charge >= 0.3 is 0 Å². The highest BCUT2D eigenvalue weighted by Crippen LogP contribution is 2.35. The van der Waals surface area contributed by atoms with Crippen LogP contribution in [-0.2, 0) is 6.54 Å². The number of nitrogens with zero attached hydrogens (tertiary/aromatic N) is 2. The maximum atomic E-state index is 6.37. The van der Waals surface area contributed by atoms with Crippen molar-refractivity contribution in [1.29, 1.82) is 0 Å². The van der Waals surface area contributed by atoms with E-state index in [-0.39, 0.29) is 24.0 Å². The van der Waals surface area contributed by atoms with Gasteiger partial charge in [0.2, 0.25) is 0 Å². The number of methoxy groups -OCH3 is 1. The van der Waals surface area contributed by atoms with E-state index in [1.807, 2.05) is 19.2 Å². The molecule has 0 bridgehead atoms. The standard InChI is InChI=1S/C24H38N4O2.HI/c1-25-24(27-19-14-15-28(17-19)20-9-3-4-10-20)26-16-18-8-7-13-22(29-2)23(18)30-21-11-5-6-12-21;/h7-8,13,19-21H,3-6,9-12,14-17H2,1-2H3,(H2,25,26,27);1H. The fraction of sp³-hybridized carbons (Fsp3) is 0.708. The molecule has 0 aromatic heterocycles. The lowest BCUT2D eigenvalue weighted by Crippen LogP contribution is -2.45. The molecule has 1 saturated heterocycles. The number of likely N-dealkylation sites (tertiary alicyclic amines) is 1. The molecule has 174 valence electrons. The average Bonchev–Trinajstić information content (AvgIpc) is 3.54. The van der Waals surface area contributed by atoms with Crippen LogP contribution in [0, 0.1) is 0 Å². The first-order valence-electron chi connectivity index (χ1n) is 11.8. The number of rotatable bonds is 7. The minimum atomic E-state index is 0. The molecular weight excluding hydrogens is 503 g/mol. The summed E-state index contributed by atoms with van der Waals surface area (Å²) >= 11 is 0. The Morgan fingerprint density at radius 2 is 1.84 bits per heavy atom. The van der Waals surface area contributed by atoms with Gasteiger partial charge in [0.05, 0.1) is 13.2 Å². The van der Waals surface area contributed by atoms with E-state index in [1.54, 1.807) is 7.11 Å². The van der Waals surface area contributed by atoms with Crippen molar-refractivity contribution in [3.05, 3.63) is 23.8 Å². The third-order valence-electron chi connectivity index (χ3n) is 6.94. The molecule has 1 aromatic carbocycles. The first-order valence-corrected chi connectivity index (χ1v) is 11.8. The summed E-state index contributed by atoms with van der Waals surface area (Å²) < 4.78 is 12.0. The second-order valence-corrected chi connectivity index (χ2v) is 8.96. The summed E-state index contributed by atoms with van der Waals surface area (Å²) in [4.78, 5) is 7.14. The Balaban J connectivity index is 0.00000272. The van der Waals surface area contributed by atoms with E-state index >= 15 is 0 Å².